The van der Waals surface area contributed by atoms with Crippen molar-refractivity contribution < 1.29 is 8.42 Å². The number of nitrogens with two attached hydrogens (primary N) is 1. The topological polar surface area (TPSA) is 105 Å². The number of benzene rings is 1. The first-order valence-electron chi connectivity index (χ1n) is 7.41. The van der Waals surface area contributed by atoms with Gasteiger partial charge in [0.15, 0.2) is 5.82 Å². The lowest BCUT2D eigenvalue weighted by Crippen LogP contribution is -2.49. The summed E-state index contributed by atoms with van der Waals surface area (Å²) in [6, 6.07) is 4.98. The SMILES string of the molecule is CS(=O)(=O)N1CCN(c2nc(N)nc(-c3cc(Cl)ccc3Cl)n2)CC1. The van der Waals surface area contributed by atoms with Crippen molar-refractivity contribution in [1.82, 2.24) is 19.3 Å². The molecule has 0 radical (unpaired) electrons. The average Bonchev–Trinajstić information content (AvgIpc) is 2.56. The molecule has 0 bridgehead atoms. The first-order chi connectivity index (χ1) is 11.7. The van der Waals surface area contributed by atoms with Crippen molar-refractivity contribution in [3.05, 3.63) is 28.2 Å². The monoisotopic (exact) mass is 402 g/mol. The van der Waals surface area contributed by atoms with Gasteiger partial charge in [0.2, 0.25) is 21.9 Å². The number of hydrogen-bond donors (Lipinski definition) is 1. The predicted octanol–water partition coefficient (Wildman–Crippen LogP) is 1.51. The minimum absolute atomic E-state index is 0.0570. The molecule has 2 heterocycles. The lowest BCUT2D eigenvalue weighted by atomic mass is 10.2. The number of sulfonamides is 1. The van der Waals surface area contributed by atoms with Gasteiger partial charge in [-0.15, -0.1) is 0 Å². The van der Waals surface area contributed by atoms with Crippen LogP contribution in [0.5, 0.6) is 0 Å². The molecule has 25 heavy (non-hydrogen) atoms. The molecule has 1 aromatic heterocycles. The van der Waals surface area contributed by atoms with Crippen molar-refractivity contribution in [1.29, 1.82) is 0 Å². The maximum absolute atomic E-state index is 11.6. The summed E-state index contributed by atoms with van der Waals surface area (Å²) < 4.78 is 24.6. The fourth-order valence-electron chi connectivity index (χ4n) is 2.53. The van der Waals surface area contributed by atoms with E-state index in [2.05, 4.69) is 15.0 Å². The van der Waals surface area contributed by atoms with E-state index in [0.29, 0.717) is 53.6 Å². The van der Waals surface area contributed by atoms with Crippen molar-refractivity contribution in [2.75, 3.05) is 43.1 Å². The number of nitrogen functional groups attached to an aromatic ring is 1. The van der Waals surface area contributed by atoms with Gasteiger partial charge in [-0.1, -0.05) is 23.2 Å². The van der Waals surface area contributed by atoms with Gasteiger partial charge >= 0.3 is 0 Å². The molecule has 11 heteroatoms. The molecule has 0 saturated carbocycles. The average molecular weight is 403 g/mol. The molecule has 1 saturated heterocycles. The molecule has 2 N–H and O–H groups in total. The zero-order chi connectivity index (χ0) is 18.2. The van der Waals surface area contributed by atoms with E-state index in [9.17, 15) is 8.42 Å². The zero-order valence-electron chi connectivity index (χ0n) is 13.4. The van der Waals surface area contributed by atoms with Crippen LogP contribution in [0.3, 0.4) is 0 Å². The third-order valence-electron chi connectivity index (χ3n) is 3.80. The summed E-state index contributed by atoms with van der Waals surface area (Å²) in [6.45, 7) is 1.63. The van der Waals surface area contributed by atoms with Crippen molar-refractivity contribution in [2.24, 2.45) is 0 Å². The summed E-state index contributed by atoms with van der Waals surface area (Å²) >= 11 is 12.2. The van der Waals surface area contributed by atoms with Gasteiger partial charge in [-0.3, -0.25) is 0 Å². The van der Waals surface area contributed by atoms with E-state index in [4.69, 9.17) is 28.9 Å². The fraction of sp³-hybridized carbons (Fsp3) is 0.357. The molecular formula is C14H16Cl2N6O2S. The number of anilines is 2. The van der Waals surface area contributed by atoms with Gasteiger partial charge in [-0.2, -0.15) is 19.3 Å². The number of nitrogens with zero attached hydrogens (tertiary/aromatic N) is 5. The van der Waals surface area contributed by atoms with Crippen LogP contribution in [-0.2, 0) is 10.0 Å². The van der Waals surface area contributed by atoms with Gasteiger partial charge in [-0.25, -0.2) is 8.42 Å². The van der Waals surface area contributed by atoms with E-state index in [0.717, 1.165) is 0 Å². The maximum atomic E-state index is 11.6. The molecule has 0 unspecified atom stereocenters. The standard InChI is InChI=1S/C14H16Cl2N6O2S/c1-25(23,24)22-6-4-21(5-7-22)14-19-12(18-13(17)20-14)10-8-9(15)2-3-11(10)16/h2-3,8H,4-7H2,1H3,(H2,17,18,19,20). The molecule has 0 amide bonds. The van der Waals surface area contributed by atoms with Crippen molar-refractivity contribution >= 4 is 45.1 Å². The Hall–Kier alpha value is -1.68. The Bertz CT molecular complexity index is 900. The molecule has 0 atom stereocenters. The number of piperazine rings is 1. The van der Waals surface area contributed by atoms with Crippen LogP contribution in [-0.4, -0.2) is 60.1 Å². The Kier molecular flexibility index (Phi) is 5.01. The second-order valence-corrected chi connectivity index (χ2v) is 8.42. The third-order valence-corrected chi connectivity index (χ3v) is 5.67. The summed E-state index contributed by atoms with van der Waals surface area (Å²) in [6.07, 6.45) is 1.20. The summed E-state index contributed by atoms with van der Waals surface area (Å²) in [5.74, 6) is 0.758. The molecular weight excluding hydrogens is 387 g/mol. The van der Waals surface area contributed by atoms with Gasteiger partial charge in [0.1, 0.15) is 0 Å². The van der Waals surface area contributed by atoms with E-state index in [1.807, 2.05) is 4.90 Å². The van der Waals surface area contributed by atoms with E-state index in [1.165, 1.54) is 10.6 Å². The van der Waals surface area contributed by atoms with E-state index in [1.54, 1.807) is 18.2 Å². The summed E-state index contributed by atoms with van der Waals surface area (Å²) in [4.78, 5) is 14.6. The second kappa shape index (κ2) is 6.91. The van der Waals surface area contributed by atoms with E-state index < -0.39 is 10.0 Å². The molecule has 0 aliphatic carbocycles. The van der Waals surface area contributed by atoms with Gasteiger partial charge in [0, 0.05) is 36.8 Å². The van der Waals surface area contributed by atoms with E-state index >= 15 is 0 Å². The maximum Gasteiger partial charge on any atom is 0.230 e. The quantitative estimate of drug-likeness (QED) is 0.828. The zero-order valence-corrected chi connectivity index (χ0v) is 15.7. The van der Waals surface area contributed by atoms with Crippen LogP contribution in [0.4, 0.5) is 11.9 Å². The largest absolute Gasteiger partial charge is 0.368 e. The van der Waals surface area contributed by atoms with Crippen molar-refractivity contribution in [3.63, 3.8) is 0 Å². The smallest absolute Gasteiger partial charge is 0.230 e. The molecule has 134 valence electrons. The van der Waals surface area contributed by atoms with Gasteiger partial charge in [0.05, 0.1) is 11.3 Å². The van der Waals surface area contributed by atoms with Crippen molar-refractivity contribution in [3.8, 4) is 11.4 Å². The van der Waals surface area contributed by atoms with Crippen LogP contribution in [0, 0.1) is 0 Å². The van der Waals surface area contributed by atoms with Crippen LogP contribution in [0.1, 0.15) is 0 Å². The number of halogens is 2. The second-order valence-electron chi connectivity index (χ2n) is 5.59. The lowest BCUT2D eigenvalue weighted by Gasteiger charge is -2.33. The highest BCUT2D eigenvalue weighted by atomic mass is 35.5. The Morgan fingerprint density at radius 2 is 1.76 bits per heavy atom. The van der Waals surface area contributed by atoms with Gasteiger partial charge < -0.3 is 10.6 Å². The van der Waals surface area contributed by atoms with Gasteiger partial charge in [0.25, 0.3) is 0 Å². The van der Waals surface area contributed by atoms with Crippen LogP contribution < -0.4 is 10.6 Å². The number of hydrogen-bond acceptors (Lipinski definition) is 7. The Labute approximate surface area is 155 Å². The molecule has 8 nitrogen and oxygen atoms in total. The summed E-state index contributed by atoms with van der Waals surface area (Å²) in [5, 5.41) is 0.949. The molecule has 2 aromatic rings. The molecule has 1 aliphatic heterocycles. The Morgan fingerprint density at radius 3 is 2.40 bits per heavy atom. The van der Waals surface area contributed by atoms with E-state index in [-0.39, 0.29) is 5.95 Å². The van der Waals surface area contributed by atoms with Crippen LogP contribution >= 0.6 is 23.2 Å². The Balaban J connectivity index is 1.89. The minimum atomic E-state index is -3.20. The third kappa shape index (κ3) is 4.12. The highest BCUT2D eigenvalue weighted by molar-refractivity contribution is 7.88. The first kappa shape index (κ1) is 18.1. The van der Waals surface area contributed by atoms with Crippen LogP contribution in [0.2, 0.25) is 10.0 Å². The van der Waals surface area contributed by atoms with Crippen LogP contribution in [0.25, 0.3) is 11.4 Å². The minimum Gasteiger partial charge on any atom is -0.368 e. The molecule has 1 fully saturated rings. The number of aromatic nitrogens is 3. The molecule has 1 aromatic carbocycles. The molecule has 1 aliphatic rings. The fourth-order valence-corrected chi connectivity index (χ4v) is 3.73. The molecule has 3 rings (SSSR count). The van der Waals surface area contributed by atoms with Crippen molar-refractivity contribution in [2.45, 2.75) is 0 Å². The molecule has 0 spiro atoms. The predicted molar refractivity (Wildman–Crippen MR) is 98.3 cm³/mol. The van der Waals surface area contributed by atoms with Gasteiger partial charge in [-0.05, 0) is 18.2 Å². The Morgan fingerprint density at radius 1 is 1.08 bits per heavy atom. The highest BCUT2D eigenvalue weighted by Gasteiger charge is 2.25. The highest BCUT2D eigenvalue weighted by Crippen LogP contribution is 2.29. The summed E-state index contributed by atoms with van der Waals surface area (Å²) in [7, 11) is -3.20. The summed E-state index contributed by atoms with van der Waals surface area (Å²) in [5.41, 5.74) is 6.37. The lowest BCUT2D eigenvalue weighted by molar-refractivity contribution is 0.385. The first-order valence-corrected chi connectivity index (χ1v) is 10.0. The van der Waals surface area contributed by atoms with Crippen LogP contribution in [0.15, 0.2) is 18.2 Å². The normalized spacial score (nSPS) is 16.2. The number of rotatable bonds is 3.